The minimum Gasteiger partial charge on any atom is -0.444 e. The number of rotatable bonds is 8. The molecule has 2 fully saturated rings. The molecular formula is C38H49N7O5. The molecule has 1 aromatic carbocycles. The van der Waals surface area contributed by atoms with Crippen LogP contribution in [0.3, 0.4) is 0 Å². The van der Waals surface area contributed by atoms with Crippen molar-refractivity contribution in [3.05, 3.63) is 66.6 Å². The molecule has 1 N–H and O–H groups in total. The first kappa shape index (κ1) is 35.1. The third-order valence-electron chi connectivity index (χ3n) is 8.77. The fourth-order valence-electron chi connectivity index (χ4n) is 6.49. The van der Waals surface area contributed by atoms with Crippen molar-refractivity contribution < 1.29 is 23.8 Å². The number of hydrogen-bond donors (Lipinski definition) is 1. The zero-order valence-corrected chi connectivity index (χ0v) is 30.2. The first-order chi connectivity index (χ1) is 23.8. The standard InChI is InChI=1S/C38H49N7O5/c1-8-48-24-43-23-30(42-34(43)32-12-10-20-45(32)36(47)50-38(5,6)7)28-18-17-27(21-39-28)25-13-15-26(16-14-25)29-22-40-33(41-29)31-11-9-19-44(31)35(46)49-37(2,3)4/h13-18,21-23,31-32H,8-12,19-20,24H2,1-7H3,(H,40,41)/t31-,32-/m0/s1. The molecule has 6 rings (SSSR count). The lowest BCUT2D eigenvalue weighted by Crippen LogP contribution is -2.37. The average molecular weight is 684 g/mol. The van der Waals surface area contributed by atoms with Crippen LogP contribution in [0.5, 0.6) is 0 Å². The predicted molar refractivity (Wildman–Crippen MR) is 190 cm³/mol. The summed E-state index contributed by atoms with van der Waals surface area (Å²) in [6.45, 7) is 15.4. The van der Waals surface area contributed by atoms with Gasteiger partial charge in [-0.05, 0) is 91.3 Å². The number of pyridine rings is 1. The normalized spacial score (nSPS) is 18.1. The van der Waals surface area contributed by atoms with Crippen LogP contribution in [0.2, 0.25) is 0 Å². The maximum atomic E-state index is 13.0. The van der Waals surface area contributed by atoms with Gasteiger partial charge in [-0.15, -0.1) is 0 Å². The van der Waals surface area contributed by atoms with Crippen LogP contribution in [-0.4, -0.2) is 77.4 Å². The van der Waals surface area contributed by atoms with E-state index in [0.717, 1.165) is 71.1 Å². The Kier molecular flexibility index (Phi) is 10.0. The van der Waals surface area contributed by atoms with Gasteiger partial charge in [-0.25, -0.2) is 19.6 Å². The largest absolute Gasteiger partial charge is 0.444 e. The second-order valence-electron chi connectivity index (χ2n) is 14.9. The Balaban J connectivity index is 1.16. The molecule has 12 heteroatoms. The number of aromatic amines is 1. The van der Waals surface area contributed by atoms with Crippen molar-refractivity contribution in [3.8, 4) is 33.8 Å². The van der Waals surface area contributed by atoms with E-state index in [1.165, 1.54) is 0 Å². The predicted octanol–water partition coefficient (Wildman–Crippen LogP) is 8.14. The first-order valence-electron chi connectivity index (χ1n) is 17.6. The van der Waals surface area contributed by atoms with Crippen LogP contribution in [0.1, 0.15) is 97.9 Å². The fraction of sp³-hybridized carbons (Fsp3) is 0.500. The number of carbonyl (C=O) groups excluding carboxylic acids is 2. The third-order valence-corrected chi connectivity index (χ3v) is 8.77. The van der Waals surface area contributed by atoms with Crippen LogP contribution in [-0.2, 0) is 20.9 Å². The molecule has 2 saturated heterocycles. The minimum absolute atomic E-state index is 0.133. The molecular weight excluding hydrogens is 634 g/mol. The molecule has 50 heavy (non-hydrogen) atoms. The van der Waals surface area contributed by atoms with E-state index in [4.69, 9.17) is 24.2 Å². The highest BCUT2D eigenvalue weighted by molar-refractivity contribution is 5.71. The maximum Gasteiger partial charge on any atom is 0.410 e. The molecule has 2 atom stereocenters. The molecule has 3 aromatic heterocycles. The van der Waals surface area contributed by atoms with Crippen molar-refractivity contribution in [1.29, 1.82) is 0 Å². The van der Waals surface area contributed by atoms with Crippen LogP contribution in [0.4, 0.5) is 9.59 Å². The quantitative estimate of drug-likeness (QED) is 0.197. The topological polar surface area (TPSA) is 128 Å². The van der Waals surface area contributed by atoms with Crippen molar-refractivity contribution in [2.24, 2.45) is 0 Å². The van der Waals surface area contributed by atoms with Crippen LogP contribution >= 0.6 is 0 Å². The van der Waals surface area contributed by atoms with E-state index in [0.29, 0.717) is 26.4 Å². The molecule has 12 nitrogen and oxygen atoms in total. The number of nitrogens with zero attached hydrogens (tertiary/aromatic N) is 6. The monoisotopic (exact) mass is 683 g/mol. The first-order valence-corrected chi connectivity index (χ1v) is 17.6. The van der Waals surface area contributed by atoms with Gasteiger partial charge in [-0.2, -0.15) is 0 Å². The lowest BCUT2D eigenvalue weighted by Gasteiger charge is -2.28. The van der Waals surface area contributed by atoms with Crippen LogP contribution in [0, 0.1) is 0 Å². The van der Waals surface area contributed by atoms with E-state index >= 15 is 0 Å². The van der Waals surface area contributed by atoms with Gasteiger partial charge in [-0.3, -0.25) is 14.8 Å². The second-order valence-corrected chi connectivity index (χ2v) is 14.9. The summed E-state index contributed by atoms with van der Waals surface area (Å²) in [5.74, 6) is 1.54. The Morgan fingerprint density at radius 2 is 1.38 bits per heavy atom. The summed E-state index contributed by atoms with van der Waals surface area (Å²) in [4.78, 5) is 47.3. The molecule has 0 aliphatic carbocycles. The van der Waals surface area contributed by atoms with Gasteiger partial charge in [0, 0.05) is 37.7 Å². The summed E-state index contributed by atoms with van der Waals surface area (Å²) >= 11 is 0. The van der Waals surface area contributed by atoms with Gasteiger partial charge >= 0.3 is 12.2 Å². The molecule has 2 aliphatic rings. The summed E-state index contributed by atoms with van der Waals surface area (Å²) < 4.78 is 19.1. The SMILES string of the molecule is CCOCn1cc(-c2ccc(-c3ccc(-c4cnc([C@@H]5CCCN5C(=O)OC(C)(C)C)[nH]4)cc3)cn2)nc1[C@@H]1CCCN1C(=O)OC(C)(C)C. The summed E-state index contributed by atoms with van der Waals surface area (Å²) in [6, 6.07) is 11.9. The van der Waals surface area contributed by atoms with Gasteiger partial charge < -0.3 is 23.8 Å². The molecule has 5 heterocycles. The molecule has 4 aromatic rings. The zero-order valence-electron chi connectivity index (χ0n) is 30.2. The number of likely N-dealkylation sites (tertiary alicyclic amines) is 2. The van der Waals surface area contributed by atoms with Crippen molar-refractivity contribution in [1.82, 2.24) is 34.3 Å². The number of H-pyrrole nitrogens is 1. The number of benzene rings is 1. The Labute approximate surface area is 294 Å². The van der Waals surface area contributed by atoms with E-state index in [-0.39, 0.29) is 24.3 Å². The van der Waals surface area contributed by atoms with Crippen molar-refractivity contribution >= 4 is 12.2 Å². The van der Waals surface area contributed by atoms with Crippen LogP contribution in [0.25, 0.3) is 33.8 Å². The number of carbonyl (C=O) groups is 2. The highest BCUT2D eigenvalue weighted by Crippen LogP contribution is 2.36. The molecule has 266 valence electrons. The highest BCUT2D eigenvalue weighted by Gasteiger charge is 2.37. The minimum atomic E-state index is -0.577. The fourth-order valence-corrected chi connectivity index (χ4v) is 6.49. The average Bonchev–Trinajstić information content (AvgIpc) is 3.88. The van der Waals surface area contributed by atoms with Gasteiger partial charge in [0.15, 0.2) is 0 Å². The van der Waals surface area contributed by atoms with Gasteiger partial charge in [0.2, 0.25) is 0 Å². The Morgan fingerprint density at radius 3 is 1.98 bits per heavy atom. The molecule has 0 spiro atoms. The summed E-state index contributed by atoms with van der Waals surface area (Å²) in [5.41, 5.74) is 4.23. The van der Waals surface area contributed by atoms with Crippen LogP contribution < -0.4 is 0 Å². The lowest BCUT2D eigenvalue weighted by molar-refractivity contribution is 0.0199. The number of hydrogen-bond acceptors (Lipinski definition) is 8. The van der Waals surface area contributed by atoms with Crippen molar-refractivity contribution in [2.75, 3.05) is 19.7 Å². The van der Waals surface area contributed by atoms with Gasteiger partial charge in [0.05, 0.1) is 29.7 Å². The molecule has 2 amide bonds. The number of nitrogens with one attached hydrogen (secondary N) is 1. The van der Waals surface area contributed by atoms with E-state index < -0.39 is 11.2 Å². The maximum absolute atomic E-state index is 13.0. The summed E-state index contributed by atoms with van der Waals surface area (Å²) in [7, 11) is 0. The van der Waals surface area contributed by atoms with Crippen LogP contribution in [0.15, 0.2) is 55.0 Å². The second kappa shape index (κ2) is 14.3. The molecule has 0 saturated carbocycles. The Hall–Kier alpha value is -4.71. The van der Waals surface area contributed by atoms with E-state index in [9.17, 15) is 9.59 Å². The van der Waals surface area contributed by atoms with Gasteiger partial charge in [-0.1, -0.05) is 30.3 Å². The molecule has 0 unspecified atom stereocenters. The number of ether oxygens (including phenoxy) is 3. The van der Waals surface area contributed by atoms with E-state index in [1.54, 1.807) is 9.80 Å². The Morgan fingerprint density at radius 1 is 0.780 bits per heavy atom. The van der Waals surface area contributed by atoms with E-state index in [1.807, 2.05) is 83.8 Å². The molecule has 2 aliphatic heterocycles. The van der Waals surface area contributed by atoms with E-state index in [2.05, 4.69) is 34.2 Å². The molecule has 0 radical (unpaired) electrons. The van der Waals surface area contributed by atoms with Crippen molar-refractivity contribution in [2.45, 2.75) is 104 Å². The van der Waals surface area contributed by atoms with Crippen molar-refractivity contribution in [3.63, 3.8) is 0 Å². The smallest absolute Gasteiger partial charge is 0.410 e. The third kappa shape index (κ3) is 8.01. The summed E-state index contributed by atoms with van der Waals surface area (Å²) in [5, 5.41) is 0. The van der Waals surface area contributed by atoms with Gasteiger partial charge in [0.1, 0.15) is 35.3 Å². The van der Waals surface area contributed by atoms with Gasteiger partial charge in [0.25, 0.3) is 0 Å². The number of imidazole rings is 2. The zero-order chi connectivity index (χ0) is 35.6. The molecule has 0 bridgehead atoms. The summed E-state index contributed by atoms with van der Waals surface area (Å²) in [6.07, 6.45) is 8.42. The highest BCUT2D eigenvalue weighted by atomic mass is 16.6. The Bertz CT molecular complexity index is 1780. The number of aromatic nitrogens is 5. The number of amides is 2. The lowest BCUT2D eigenvalue weighted by atomic mass is 10.0.